The third-order valence-corrected chi connectivity index (χ3v) is 2.93. The molecule has 0 spiro atoms. The summed E-state index contributed by atoms with van der Waals surface area (Å²) in [6, 6.07) is 0.0240. The highest BCUT2D eigenvalue weighted by Gasteiger charge is 2.41. The van der Waals surface area contributed by atoms with E-state index in [1.807, 2.05) is 0 Å². The van der Waals surface area contributed by atoms with Gasteiger partial charge in [-0.05, 0) is 19.4 Å². The fraction of sp³-hybridized carbons (Fsp3) is 0.556. The first kappa shape index (κ1) is 7.99. The fourth-order valence-corrected chi connectivity index (χ4v) is 2.30. The quantitative estimate of drug-likeness (QED) is 0.490. The van der Waals surface area contributed by atoms with Crippen molar-refractivity contribution in [3.8, 4) is 17.5 Å². The van der Waals surface area contributed by atoms with Crippen LogP contribution in [0, 0.1) is 0 Å². The Kier molecular flexibility index (Phi) is 1.47. The number of nitrogens with one attached hydrogen (secondary N) is 2. The van der Waals surface area contributed by atoms with E-state index in [1.165, 1.54) is 0 Å². The van der Waals surface area contributed by atoms with Crippen LogP contribution in [0.1, 0.15) is 24.4 Å². The first-order chi connectivity index (χ1) is 6.77. The summed E-state index contributed by atoms with van der Waals surface area (Å²) < 4.78 is 5.56. The molecule has 2 atom stereocenters. The minimum absolute atomic E-state index is 0.0133. The molecule has 0 aliphatic carbocycles. The summed E-state index contributed by atoms with van der Waals surface area (Å²) in [6.07, 6.45) is 2.09. The third-order valence-electron chi connectivity index (χ3n) is 2.93. The van der Waals surface area contributed by atoms with Gasteiger partial charge in [0.25, 0.3) is 0 Å². The number of ether oxygens (including phenoxy) is 1. The molecule has 0 bridgehead atoms. The van der Waals surface area contributed by atoms with Crippen LogP contribution in [0.4, 0.5) is 0 Å². The van der Waals surface area contributed by atoms with Crippen molar-refractivity contribution in [1.29, 1.82) is 0 Å². The Morgan fingerprint density at radius 2 is 2.14 bits per heavy atom. The van der Waals surface area contributed by atoms with E-state index in [4.69, 9.17) is 4.74 Å². The molecule has 3 heterocycles. The lowest BCUT2D eigenvalue weighted by Gasteiger charge is -2.25. The Bertz CT molecular complexity index is 374. The summed E-state index contributed by atoms with van der Waals surface area (Å²) in [7, 11) is 0. The van der Waals surface area contributed by atoms with Crippen LogP contribution >= 0.6 is 0 Å². The van der Waals surface area contributed by atoms with E-state index in [0.29, 0.717) is 11.3 Å². The summed E-state index contributed by atoms with van der Waals surface area (Å²) in [4.78, 5) is 2.46. The first-order valence-corrected chi connectivity index (χ1v) is 4.81. The average Bonchev–Trinajstić information content (AvgIpc) is 2.66. The van der Waals surface area contributed by atoms with E-state index >= 15 is 0 Å². The van der Waals surface area contributed by atoms with Crippen molar-refractivity contribution >= 4 is 0 Å². The second-order valence-electron chi connectivity index (χ2n) is 3.80. The number of hydrogen-bond donors (Lipinski definition) is 4. The molecule has 4 N–H and O–H groups in total. The maximum Gasteiger partial charge on any atom is 0.235 e. The molecular weight excluding hydrogens is 184 g/mol. The molecule has 0 radical (unpaired) electrons. The third kappa shape index (κ3) is 0.874. The molecule has 0 aromatic carbocycles. The first-order valence-electron chi connectivity index (χ1n) is 4.81. The minimum atomic E-state index is -0.0753. The Morgan fingerprint density at radius 1 is 1.29 bits per heavy atom. The van der Waals surface area contributed by atoms with Gasteiger partial charge in [-0.25, -0.2) is 0 Å². The molecule has 5 nitrogen and oxygen atoms in total. The SMILES string of the molecule is Oc1[nH]c(O)c2c1OC1CCCNC21. The van der Waals surface area contributed by atoms with Crippen LogP contribution in [0.5, 0.6) is 17.5 Å². The Morgan fingerprint density at radius 3 is 3.00 bits per heavy atom. The van der Waals surface area contributed by atoms with Gasteiger partial charge in [0.2, 0.25) is 5.88 Å². The Labute approximate surface area is 80.7 Å². The molecule has 2 aliphatic heterocycles. The van der Waals surface area contributed by atoms with Gasteiger partial charge in [0, 0.05) is 0 Å². The van der Waals surface area contributed by atoms with E-state index in [2.05, 4.69) is 10.3 Å². The van der Waals surface area contributed by atoms with Gasteiger partial charge < -0.3 is 20.3 Å². The molecule has 3 rings (SSSR count). The van der Waals surface area contributed by atoms with Crippen LogP contribution in [0.25, 0.3) is 0 Å². The maximum absolute atomic E-state index is 9.56. The predicted molar refractivity (Wildman–Crippen MR) is 48.5 cm³/mol. The van der Waals surface area contributed by atoms with Crippen LogP contribution < -0.4 is 10.1 Å². The number of rotatable bonds is 0. The zero-order valence-electron chi connectivity index (χ0n) is 7.58. The van der Waals surface area contributed by atoms with Crippen molar-refractivity contribution in [3.63, 3.8) is 0 Å². The molecule has 2 aliphatic rings. The van der Waals surface area contributed by atoms with Crippen molar-refractivity contribution in [2.24, 2.45) is 0 Å². The van der Waals surface area contributed by atoms with Crippen molar-refractivity contribution in [1.82, 2.24) is 10.3 Å². The average molecular weight is 196 g/mol. The summed E-state index contributed by atoms with van der Waals surface area (Å²) in [5, 5.41) is 22.3. The number of aromatic amines is 1. The highest BCUT2D eigenvalue weighted by Crippen LogP contribution is 2.49. The van der Waals surface area contributed by atoms with Gasteiger partial charge in [0.1, 0.15) is 6.10 Å². The molecule has 0 amide bonds. The van der Waals surface area contributed by atoms with Crippen molar-refractivity contribution in [2.75, 3.05) is 6.54 Å². The zero-order valence-corrected chi connectivity index (χ0v) is 7.58. The zero-order chi connectivity index (χ0) is 9.71. The molecule has 5 heteroatoms. The van der Waals surface area contributed by atoms with Crippen molar-refractivity contribution in [3.05, 3.63) is 5.56 Å². The highest BCUT2D eigenvalue weighted by atomic mass is 16.5. The smallest absolute Gasteiger partial charge is 0.235 e. The molecule has 1 saturated heterocycles. The standard InChI is InChI=1S/C9H12N2O3/c12-8-5-6-4(2-1-3-10-6)14-7(5)9(13)11-8/h4,6,10-13H,1-3H2. The highest BCUT2D eigenvalue weighted by molar-refractivity contribution is 5.54. The largest absolute Gasteiger partial charge is 0.494 e. The van der Waals surface area contributed by atoms with Crippen LogP contribution in [0.15, 0.2) is 0 Å². The Hall–Kier alpha value is -1.36. The second-order valence-corrected chi connectivity index (χ2v) is 3.80. The van der Waals surface area contributed by atoms with Gasteiger partial charge in [-0.15, -0.1) is 0 Å². The molecule has 14 heavy (non-hydrogen) atoms. The van der Waals surface area contributed by atoms with Gasteiger partial charge in [0.15, 0.2) is 11.6 Å². The number of hydrogen-bond acceptors (Lipinski definition) is 4. The number of fused-ring (bicyclic) bond motifs is 3. The summed E-state index contributed by atoms with van der Waals surface area (Å²) in [5.41, 5.74) is 0.673. The van der Waals surface area contributed by atoms with E-state index in [0.717, 1.165) is 19.4 Å². The van der Waals surface area contributed by atoms with Gasteiger partial charge >= 0.3 is 0 Å². The second kappa shape index (κ2) is 2.57. The minimum Gasteiger partial charge on any atom is -0.494 e. The number of piperidine rings is 1. The van der Waals surface area contributed by atoms with Gasteiger partial charge in [0.05, 0.1) is 11.6 Å². The van der Waals surface area contributed by atoms with Gasteiger partial charge in [-0.3, -0.25) is 4.98 Å². The monoisotopic (exact) mass is 196 g/mol. The van der Waals surface area contributed by atoms with Gasteiger partial charge in [-0.1, -0.05) is 0 Å². The van der Waals surface area contributed by atoms with E-state index < -0.39 is 0 Å². The normalized spacial score (nSPS) is 29.4. The van der Waals surface area contributed by atoms with Crippen molar-refractivity contribution in [2.45, 2.75) is 25.0 Å². The lowest BCUT2D eigenvalue weighted by atomic mass is 9.98. The van der Waals surface area contributed by atoms with Crippen LogP contribution in [-0.4, -0.2) is 27.8 Å². The molecule has 76 valence electrons. The van der Waals surface area contributed by atoms with Crippen molar-refractivity contribution < 1.29 is 14.9 Å². The number of H-pyrrole nitrogens is 1. The van der Waals surface area contributed by atoms with Crippen LogP contribution in [0.2, 0.25) is 0 Å². The molecule has 0 saturated carbocycles. The number of aromatic hydroxyl groups is 2. The molecule has 1 aromatic rings. The molecule has 2 unspecified atom stereocenters. The van der Waals surface area contributed by atoms with Crippen LogP contribution in [-0.2, 0) is 0 Å². The summed E-state index contributed by atoms with van der Waals surface area (Å²) in [5.74, 6) is 0.347. The molecule has 1 fully saturated rings. The molecule has 1 aromatic heterocycles. The summed E-state index contributed by atoms with van der Waals surface area (Å²) in [6.45, 7) is 0.926. The molecular formula is C9H12N2O3. The predicted octanol–water partition coefficient (Wildman–Crippen LogP) is 0.611. The fourth-order valence-electron chi connectivity index (χ4n) is 2.30. The lowest BCUT2D eigenvalue weighted by molar-refractivity contribution is 0.148. The lowest BCUT2D eigenvalue weighted by Crippen LogP contribution is -2.36. The van der Waals surface area contributed by atoms with E-state index in [1.54, 1.807) is 0 Å². The van der Waals surface area contributed by atoms with E-state index in [9.17, 15) is 10.2 Å². The maximum atomic E-state index is 9.56. The Balaban J connectivity index is 2.06. The van der Waals surface area contributed by atoms with E-state index in [-0.39, 0.29) is 23.9 Å². The van der Waals surface area contributed by atoms with Crippen LogP contribution in [0.3, 0.4) is 0 Å². The van der Waals surface area contributed by atoms with Gasteiger partial charge in [-0.2, -0.15) is 0 Å². The number of aromatic nitrogens is 1. The summed E-state index contributed by atoms with van der Waals surface area (Å²) >= 11 is 0. The topological polar surface area (TPSA) is 77.5 Å².